The molecule has 0 spiro atoms. The number of rotatable bonds is 9. The molecule has 12 heteroatoms. The summed E-state index contributed by atoms with van der Waals surface area (Å²) in [5.41, 5.74) is 1.90. The van der Waals surface area contributed by atoms with Crippen LogP contribution in [-0.4, -0.2) is 47.7 Å². The van der Waals surface area contributed by atoms with Crippen LogP contribution in [0.25, 0.3) is 11.1 Å². The van der Waals surface area contributed by atoms with Gasteiger partial charge in [0.05, 0.1) is 11.2 Å². The summed E-state index contributed by atoms with van der Waals surface area (Å²) in [7, 11) is -4.28. The SMILES string of the molecule is C[S+]([O-])c1ccccc1-c1ccc(C[C@H](NC2=C(S(=O)(=O)c3cc(Cl)cc(Cl)c3)C=COC2O)C(=O)O)cc1. The highest BCUT2D eigenvalue weighted by molar-refractivity contribution is 7.95. The van der Waals surface area contributed by atoms with Gasteiger partial charge in [-0.15, -0.1) is 0 Å². The Bertz CT molecular complexity index is 1530. The summed E-state index contributed by atoms with van der Waals surface area (Å²) in [6.07, 6.45) is 1.91. The van der Waals surface area contributed by atoms with Crippen LogP contribution in [0, 0.1) is 0 Å². The lowest BCUT2D eigenvalue weighted by Gasteiger charge is -2.26. The number of hydrogen-bond acceptors (Lipinski definition) is 7. The molecule has 0 amide bonds. The topological polar surface area (TPSA) is 136 Å². The molecule has 1 heterocycles. The summed E-state index contributed by atoms with van der Waals surface area (Å²) in [5.74, 6) is -1.28. The molecule has 0 bridgehead atoms. The van der Waals surface area contributed by atoms with Crippen molar-refractivity contribution in [1.29, 1.82) is 0 Å². The molecule has 0 aliphatic carbocycles. The Morgan fingerprint density at radius 1 is 1.10 bits per heavy atom. The zero-order valence-corrected chi connectivity index (χ0v) is 23.5. The van der Waals surface area contributed by atoms with Crippen LogP contribution >= 0.6 is 23.2 Å². The van der Waals surface area contributed by atoms with Gasteiger partial charge in [-0.25, -0.2) is 13.2 Å². The van der Waals surface area contributed by atoms with Crippen molar-refractivity contribution in [2.24, 2.45) is 0 Å². The van der Waals surface area contributed by atoms with E-state index < -0.39 is 39.3 Å². The van der Waals surface area contributed by atoms with Crippen molar-refractivity contribution in [3.63, 3.8) is 0 Å². The van der Waals surface area contributed by atoms with E-state index in [0.717, 1.165) is 23.5 Å². The molecule has 1 aliphatic heterocycles. The smallest absolute Gasteiger partial charge is 0.326 e. The fourth-order valence-electron chi connectivity index (χ4n) is 4.04. The maximum Gasteiger partial charge on any atom is 0.326 e. The lowest BCUT2D eigenvalue weighted by atomic mass is 10.0. The third kappa shape index (κ3) is 6.60. The van der Waals surface area contributed by atoms with E-state index in [1.165, 1.54) is 18.2 Å². The first kappa shape index (κ1) is 29.0. The van der Waals surface area contributed by atoms with E-state index in [2.05, 4.69) is 5.32 Å². The number of benzene rings is 3. The number of hydrogen-bond donors (Lipinski definition) is 3. The molecule has 3 N–H and O–H groups in total. The molecule has 1 aliphatic rings. The van der Waals surface area contributed by atoms with Crippen molar-refractivity contribution < 1.29 is 32.7 Å². The highest BCUT2D eigenvalue weighted by atomic mass is 35.5. The van der Waals surface area contributed by atoms with Gasteiger partial charge in [-0.2, -0.15) is 0 Å². The predicted octanol–water partition coefficient (Wildman–Crippen LogP) is 4.53. The molecular weight excluding hydrogens is 585 g/mol. The summed E-state index contributed by atoms with van der Waals surface area (Å²) in [6, 6.07) is 16.8. The first-order chi connectivity index (χ1) is 18.5. The van der Waals surface area contributed by atoms with E-state index in [1.807, 2.05) is 12.1 Å². The predicted molar refractivity (Wildman–Crippen MR) is 149 cm³/mol. The molecule has 2 unspecified atom stereocenters. The summed E-state index contributed by atoms with van der Waals surface area (Å²) in [6.45, 7) is 0. The molecule has 0 fully saturated rings. The van der Waals surface area contributed by atoms with E-state index in [4.69, 9.17) is 27.9 Å². The monoisotopic (exact) mass is 607 g/mol. The summed E-state index contributed by atoms with van der Waals surface area (Å²) in [4.78, 5) is 12.2. The number of allylic oxidation sites excluding steroid dienone is 1. The minimum Gasteiger partial charge on any atom is -0.612 e. The molecule has 8 nitrogen and oxygen atoms in total. The van der Waals surface area contributed by atoms with Gasteiger partial charge in [0, 0.05) is 22.0 Å². The van der Waals surface area contributed by atoms with Crippen LogP contribution in [0.5, 0.6) is 0 Å². The Balaban J connectivity index is 1.64. The van der Waals surface area contributed by atoms with Crippen LogP contribution in [-0.2, 0) is 37.0 Å². The minimum atomic E-state index is -4.28. The molecule has 4 rings (SSSR count). The second-order valence-corrected chi connectivity index (χ2v) is 12.7. The van der Waals surface area contributed by atoms with Crippen molar-refractivity contribution in [2.45, 2.75) is 28.5 Å². The van der Waals surface area contributed by atoms with Gasteiger partial charge in [-0.1, -0.05) is 59.6 Å². The Kier molecular flexibility index (Phi) is 8.95. The number of aliphatic carboxylic acids is 1. The molecule has 3 aromatic carbocycles. The number of nitrogens with one attached hydrogen (secondary N) is 1. The third-order valence-corrected chi connectivity index (χ3v) is 9.11. The second-order valence-electron chi connectivity index (χ2n) is 8.56. The van der Waals surface area contributed by atoms with Crippen LogP contribution in [0.15, 0.2) is 99.5 Å². The van der Waals surface area contributed by atoms with Gasteiger partial charge in [0.25, 0.3) is 0 Å². The van der Waals surface area contributed by atoms with Crippen LogP contribution in [0.3, 0.4) is 0 Å². The van der Waals surface area contributed by atoms with E-state index >= 15 is 0 Å². The summed E-state index contributed by atoms with van der Waals surface area (Å²) >= 11 is 10.8. The lowest BCUT2D eigenvalue weighted by Crippen LogP contribution is -2.43. The van der Waals surface area contributed by atoms with E-state index in [9.17, 15) is 28.0 Å². The number of aliphatic hydroxyl groups is 1. The highest BCUT2D eigenvalue weighted by Crippen LogP contribution is 2.31. The lowest BCUT2D eigenvalue weighted by molar-refractivity contribution is -0.139. The van der Waals surface area contributed by atoms with Gasteiger partial charge in [-0.3, -0.25) is 0 Å². The summed E-state index contributed by atoms with van der Waals surface area (Å²) in [5, 5.41) is 23.2. The van der Waals surface area contributed by atoms with Gasteiger partial charge < -0.3 is 24.8 Å². The Labute approximate surface area is 238 Å². The molecule has 0 radical (unpaired) electrons. The normalized spacial score (nSPS) is 16.9. The first-order valence-corrected chi connectivity index (χ1v) is 15.2. The maximum absolute atomic E-state index is 13.4. The average molecular weight is 609 g/mol. The maximum atomic E-state index is 13.4. The minimum absolute atomic E-state index is 0.0484. The standard InChI is InChI=1S/C27H23Cl2NO7S2/c1-38(34)23-5-3-2-4-21(23)17-8-6-16(7-9-17)12-22(26(31)32)30-25-24(10-11-37-27(25)33)39(35,36)20-14-18(28)13-19(29)15-20/h2-11,13-15,22,27,30,33H,12H2,1H3,(H,31,32)/t22-,27?,38?/m0/s1. The molecule has 204 valence electrons. The van der Waals surface area contributed by atoms with Gasteiger partial charge in [0.1, 0.15) is 22.9 Å². The molecule has 3 aromatic rings. The van der Waals surface area contributed by atoms with Crippen molar-refractivity contribution >= 4 is 50.2 Å². The van der Waals surface area contributed by atoms with Crippen molar-refractivity contribution in [2.75, 3.05) is 6.26 Å². The molecule has 0 saturated carbocycles. The van der Waals surface area contributed by atoms with E-state index in [-0.39, 0.29) is 32.0 Å². The summed E-state index contributed by atoms with van der Waals surface area (Å²) < 4.78 is 44.0. The Morgan fingerprint density at radius 3 is 2.36 bits per heavy atom. The fraction of sp³-hybridized carbons (Fsp3) is 0.148. The van der Waals surface area contributed by atoms with E-state index in [0.29, 0.717) is 10.5 Å². The molecular formula is C27H23Cl2NO7S2. The number of carboxylic acids is 1. The zero-order chi connectivity index (χ0) is 28.3. The van der Waals surface area contributed by atoms with Crippen LogP contribution in [0.4, 0.5) is 0 Å². The fourth-order valence-corrected chi connectivity index (χ4v) is 6.97. The molecule has 0 aromatic heterocycles. The van der Waals surface area contributed by atoms with Gasteiger partial charge in [0.15, 0.2) is 4.90 Å². The average Bonchev–Trinajstić information content (AvgIpc) is 2.89. The number of sulfone groups is 1. The van der Waals surface area contributed by atoms with Gasteiger partial charge in [-0.05, 0) is 58.7 Å². The second kappa shape index (κ2) is 12.0. The Morgan fingerprint density at radius 2 is 1.74 bits per heavy atom. The number of ether oxygens (including phenoxy) is 1. The largest absolute Gasteiger partial charge is 0.612 e. The highest BCUT2D eigenvalue weighted by Gasteiger charge is 2.33. The zero-order valence-electron chi connectivity index (χ0n) is 20.4. The quantitative estimate of drug-likeness (QED) is 0.302. The number of carboxylic acid groups (broad SMARTS) is 1. The van der Waals surface area contributed by atoms with Crippen LogP contribution in [0.2, 0.25) is 10.0 Å². The third-order valence-electron chi connectivity index (χ3n) is 5.90. The van der Waals surface area contributed by atoms with Crippen LogP contribution < -0.4 is 5.32 Å². The first-order valence-electron chi connectivity index (χ1n) is 11.4. The number of halogens is 2. The van der Waals surface area contributed by atoms with Crippen molar-refractivity contribution in [3.8, 4) is 11.1 Å². The van der Waals surface area contributed by atoms with Gasteiger partial charge in [0.2, 0.25) is 16.1 Å². The molecule has 3 atom stereocenters. The number of carbonyl (C=O) groups is 1. The Hall–Kier alpha value is -2.99. The number of aliphatic hydroxyl groups excluding tert-OH is 1. The molecule has 0 saturated heterocycles. The molecule has 39 heavy (non-hydrogen) atoms. The van der Waals surface area contributed by atoms with E-state index in [1.54, 1.807) is 42.7 Å². The van der Waals surface area contributed by atoms with Crippen molar-refractivity contribution in [1.82, 2.24) is 5.32 Å². The van der Waals surface area contributed by atoms with Crippen LogP contribution in [0.1, 0.15) is 5.56 Å². The van der Waals surface area contributed by atoms with Gasteiger partial charge >= 0.3 is 5.97 Å². The van der Waals surface area contributed by atoms with Crippen molar-refractivity contribution in [3.05, 3.63) is 105 Å².